The van der Waals surface area contributed by atoms with Crippen LogP contribution in [0.15, 0.2) is 28.7 Å². The molecule has 1 amide bonds. The number of rotatable bonds is 6. The molecule has 0 saturated carbocycles. The third-order valence-electron chi connectivity index (χ3n) is 4.74. The minimum absolute atomic E-state index is 0.00826. The van der Waals surface area contributed by atoms with E-state index < -0.39 is 0 Å². The number of fused-ring (bicyclic) bond motifs is 1. The van der Waals surface area contributed by atoms with Gasteiger partial charge in [-0.3, -0.25) is 4.79 Å². The van der Waals surface area contributed by atoms with Gasteiger partial charge in [-0.25, -0.2) is 0 Å². The molecule has 136 valence electrons. The fraction of sp³-hybridized carbons (Fsp3) is 0.579. The van der Waals surface area contributed by atoms with Crippen molar-refractivity contribution in [3.8, 4) is 0 Å². The van der Waals surface area contributed by atoms with Crippen LogP contribution < -0.4 is 10.2 Å². The van der Waals surface area contributed by atoms with Crippen molar-refractivity contribution < 1.29 is 14.3 Å². The third-order valence-corrected chi connectivity index (χ3v) is 4.74. The molecule has 6 heteroatoms. The Balaban J connectivity index is 1.55. The van der Waals surface area contributed by atoms with Crippen molar-refractivity contribution in [2.75, 3.05) is 24.6 Å². The molecule has 0 bridgehead atoms. The molecular formula is C19H27N3O3. The zero-order chi connectivity index (χ0) is 17.8. The predicted octanol–water partition coefficient (Wildman–Crippen LogP) is 2.57. The van der Waals surface area contributed by atoms with Crippen LogP contribution in [0.2, 0.25) is 0 Å². The lowest BCUT2D eigenvalue weighted by Crippen LogP contribution is -2.45. The number of benzene rings is 1. The molecule has 3 rings (SSSR count). The minimum atomic E-state index is -0.150. The maximum absolute atomic E-state index is 12.5. The molecule has 1 unspecified atom stereocenters. The van der Waals surface area contributed by atoms with Gasteiger partial charge in [0.15, 0.2) is 5.58 Å². The van der Waals surface area contributed by atoms with Crippen LogP contribution in [-0.4, -0.2) is 41.7 Å². The standard InChI is InChI=1S/C19H27N3O3/c1-13(2)11-15(12-23)20-18(24)14-7-9-22(10-8-14)19-21-16-5-3-4-6-17(16)25-19/h3-6,13-15,23H,7-12H2,1-2H3,(H,20,24). The number of nitrogens with zero attached hydrogens (tertiary/aromatic N) is 2. The highest BCUT2D eigenvalue weighted by molar-refractivity contribution is 5.79. The van der Waals surface area contributed by atoms with E-state index in [-0.39, 0.29) is 24.5 Å². The van der Waals surface area contributed by atoms with Crippen LogP contribution in [0.25, 0.3) is 11.1 Å². The van der Waals surface area contributed by atoms with Crippen LogP contribution in [0.5, 0.6) is 0 Å². The number of hydrogen-bond acceptors (Lipinski definition) is 5. The number of para-hydroxylation sites is 2. The van der Waals surface area contributed by atoms with Gasteiger partial charge in [0.2, 0.25) is 5.91 Å². The normalized spacial score (nSPS) is 17.2. The largest absolute Gasteiger partial charge is 0.423 e. The van der Waals surface area contributed by atoms with E-state index >= 15 is 0 Å². The van der Waals surface area contributed by atoms with Crippen molar-refractivity contribution in [1.82, 2.24) is 10.3 Å². The monoisotopic (exact) mass is 345 g/mol. The van der Waals surface area contributed by atoms with Gasteiger partial charge < -0.3 is 19.7 Å². The lowest BCUT2D eigenvalue weighted by Gasteiger charge is -2.31. The Bertz CT molecular complexity index is 672. The summed E-state index contributed by atoms with van der Waals surface area (Å²) in [6, 6.07) is 8.21. The lowest BCUT2D eigenvalue weighted by atomic mass is 9.95. The van der Waals surface area contributed by atoms with E-state index in [1.165, 1.54) is 0 Å². The Morgan fingerprint density at radius 3 is 2.72 bits per heavy atom. The molecule has 1 atom stereocenters. The molecular weight excluding hydrogens is 318 g/mol. The SMILES string of the molecule is CC(C)CC(CO)NC(=O)C1CCN(c2nc3ccccc3o2)CC1. The number of anilines is 1. The summed E-state index contributed by atoms with van der Waals surface area (Å²) in [6.45, 7) is 5.67. The summed E-state index contributed by atoms with van der Waals surface area (Å²) in [4.78, 5) is 19.1. The van der Waals surface area contributed by atoms with Crippen LogP contribution in [-0.2, 0) is 4.79 Å². The number of hydrogen-bond donors (Lipinski definition) is 2. The molecule has 1 aliphatic heterocycles. The summed E-state index contributed by atoms with van der Waals surface area (Å²) < 4.78 is 5.81. The fourth-order valence-corrected chi connectivity index (χ4v) is 3.40. The molecule has 1 aliphatic rings. The van der Waals surface area contributed by atoms with Crippen molar-refractivity contribution in [2.45, 2.75) is 39.2 Å². The summed E-state index contributed by atoms with van der Waals surface area (Å²) >= 11 is 0. The van der Waals surface area contributed by atoms with Crippen LogP contribution in [0.3, 0.4) is 0 Å². The number of amides is 1. The molecule has 1 aromatic carbocycles. The number of piperidine rings is 1. The average molecular weight is 345 g/mol. The molecule has 2 heterocycles. The highest BCUT2D eigenvalue weighted by atomic mass is 16.4. The zero-order valence-corrected chi connectivity index (χ0v) is 14.9. The minimum Gasteiger partial charge on any atom is -0.423 e. The van der Waals surface area contributed by atoms with E-state index in [2.05, 4.69) is 29.0 Å². The molecule has 1 saturated heterocycles. The van der Waals surface area contributed by atoms with Crippen LogP contribution in [0, 0.1) is 11.8 Å². The van der Waals surface area contributed by atoms with E-state index in [1.807, 2.05) is 24.3 Å². The highest BCUT2D eigenvalue weighted by Gasteiger charge is 2.28. The number of oxazole rings is 1. The van der Waals surface area contributed by atoms with Crippen molar-refractivity contribution in [2.24, 2.45) is 11.8 Å². The lowest BCUT2D eigenvalue weighted by molar-refractivity contribution is -0.126. The number of aliphatic hydroxyl groups is 1. The Morgan fingerprint density at radius 1 is 1.36 bits per heavy atom. The van der Waals surface area contributed by atoms with Gasteiger partial charge in [0.1, 0.15) is 5.52 Å². The van der Waals surface area contributed by atoms with E-state index in [9.17, 15) is 9.90 Å². The molecule has 1 fully saturated rings. The van der Waals surface area contributed by atoms with Crippen LogP contribution in [0.1, 0.15) is 33.1 Å². The second kappa shape index (κ2) is 7.87. The summed E-state index contributed by atoms with van der Waals surface area (Å²) in [5, 5.41) is 12.4. The van der Waals surface area contributed by atoms with E-state index in [1.54, 1.807) is 0 Å². The Hall–Kier alpha value is -2.08. The number of carbonyl (C=O) groups excluding carboxylic acids is 1. The van der Waals surface area contributed by atoms with Crippen molar-refractivity contribution >= 4 is 23.0 Å². The Labute approximate surface area is 148 Å². The van der Waals surface area contributed by atoms with E-state index in [4.69, 9.17) is 4.42 Å². The first-order valence-corrected chi connectivity index (χ1v) is 9.08. The molecule has 6 nitrogen and oxygen atoms in total. The number of aliphatic hydroxyl groups excluding tert-OH is 1. The van der Waals surface area contributed by atoms with E-state index in [0.717, 1.165) is 43.5 Å². The summed E-state index contributed by atoms with van der Waals surface area (Å²) in [6.07, 6.45) is 2.33. The quantitative estimate of drug-likeness (QED) is 0.841. The van der Waals surface area contributed by atoms with Gasteiger partial charge in [0.25, 0.3) is 6.01 Å². The number of aromatic nitrogens is 1. The first-order valence-electron chi connectivity index (χ1n) is 9.08. The maximum atomic E-state index is 12.5. The number of nitrogens with one attached hydrogen (secondary N) is 1. The smallest absolute Gasteiger partial charge is 0.298 e. The summed E-state index contributed by atoms with van der Waals surface area (Å²) in [5.74, 6) is 0.484. The molecule has 0 spiro atoms. The molecule has 2 aromatic rings. The molecule has 0 radical (unpaired) electrons. The summed E-state index contributed by atoms with van der Waals surface area (Å²) in [5.41, 5.74) is 1.65. The molecule has 0 aliphatic carbocycles. The second-order valence-electron chi connectivity index (χ2n) is 7.24. The summed E-state index contributed by atoms with van der Waals surface area (Å²) in [7, 11) is 0. The first-order chi connectivity index (χ1) is 12.1. The van der Waals surface area contributed by atoms with Crippen molar-refractivity contribution in [1.29, 1.82) is 0 Å². The van der Waals surface area contributed by atoms with Crippen molar-refractivity contribution in [3.63, 3.8) is 0 Å². The van der Waals surface area contributed by atoms with Gasteiger partial charge in [0.05, 0.1) is 12.6 Å². The zero-order valence-electron chi connectivity index (χ0n) is 14.9. The Kier molecular flexibility index (Phi) is 5.58. The molecule has 2 N–H and O–H groups in total. The predicted molar refractivity (Wildman–Crippen MR) is 97.4 cm³/mol. The van der Waals surface area contributed by atoms with Gasteiger partial charge in [0, 0.05) is 19.0 Å². The average Bonchev–Trinajstić information content (AvgIpc) is 3.05. The van der Waals surface area contributed by atoms with Crippen LogP contribution in [0.4, 0.5) is 6.01 Å². The third kappa shape index (κ3) is 4.31. The van der Waals surface area contributed by atoms with Gasteiger partial charge >= 0.3 is 0 Å². The van der Waals surface area contributed by atoms with Crippen molar-refractivity contribution in [3.05, 3.63) is 24.3 Å². The number of carbonyl (C=O) groups is 1. The molecule has 1 aromatic heterocycles. The van der Waals surface area contributed by atoms with Gasteiger partial charge in [-0.2, -0.15) is 4.98 Å². The van der Waals surface area contributed by atoms with Gasteiger partial charge in [-0.05, 0) is 37.3 Å². The second-order valence-corrected chi connectivity index (χ2v) is 7.24. The first kappa shape index (κ1) is 17.7. The fourth-order valence-electron chi connectivity index (χ4n) is 3.40. The van der Waals surface area contributed by atoms with Gasteiger partial charge in [-0.15, -0.1) is 0 Å². The topological polar surface area (TPSA) is 78.6 Å². The van der Waals surface area contributed by atoms with Gasteiger partial charge in [-0.1, -0.05) is 26.0 Å². The van der Waals surface area contributed by atoms with E-state index in [0.29, 0.717) is 11.9 Å². The molecule has 25 heavy (non-hydrogen) atoms. The highest BCUT2D eigenvalue weighted by Crippen LogP contribution is 2.26. The Morgan fingerprint density at radius 2 is 2.08 bits per heavy atom. The van der Waals surface area contributed by atoms with Crippen LogP contribution >= 0.6 is 0 Å². The maximum Gasteiger partial charge on any atom is 0.298 e.